The average molecular weight is 481 g/mol. The van der Waals surface area contributed by atoms with Crippen LogP contribution in [-0.4, -0.2) is 23.2 Å². The highest BCUT2D eigenvalue weighted by molar-refractivity contribution is 6.33. The molecule has 0 fully saturated rings. The molecule has 0 bridgehead atoms. The number of benzene rings is 1. The first-order valence-electron chi connectivity index (χ1n) is 9.83. The fraction of sp³-hybridized carbons (Fsp3) is 0.455. The third kappa shape index (κ3) is 6.37. The highest BCUT2D eigenvalue weighted by Gasteiger charge is 2.57. The number of carbonyl (C=O) groups excluding carboxylic acids is 1. The van der Waals surface area contributed by atoms with Gasteiger partial charge in [0.15, 0.2) is 5.92 Å². The van der Waals surface area contributed by atoms with E-state index in [1.54, 1.807) is 19.9 Å². The van der Waals surface area contributed by atoms with E-state index in [1.807, 2.05) is 13.8 Å². The van der Waals surface area contributed by atoms with Crippen LogP contribution in [0.25, 0.3) is 0 Å². The molecule has 0 aliphatic carbocycles. The third-order valence-corrected chi connectivity index (χ3v) is 5.19. The van der Waals surface area contributed by atoms with Gasteiger partial charge in [-0.05, 0) is 54.5 Å². The summed E-state index contributed by atoms with van der Waals surface area (Å²) in [5, 5.41) is 2.49. The summed E-state index contributed by atoms with van der Waals surface area (Å²) >= 11 is 6.01. The zero-order chi connectivity index (χ0) is 24.4. The van der Waals surface area contributed by atoms with E-state index < -0.39 is 35.7 Å². The maximum Gasteiger partial charge on any atom is 0.404 e. The maximum absolute atomic E-state index is 13.2. The van der Waals surface area contributed by atoms with E-state index in [0.717, 1.165) is 18.2 Å². The molecule has 1 heterocycles. The molecule has 1 aromatic carbocycles. The molecule has 10 heteroatoms. The highest BCUT2D eigenvalue weighted by Crippen LogP contribution is 2.47. The molecule has 3 nitrogen and oxygen atoms in total. The Morgan fingerprint density at radius 2 is 1.62 bits per heavy atom. The summed E-state index contributed by atoms with van der Waals surface area (Å²) in [5.41, 5.74) is -0.0192. The number of halogens is 7. The Labute approximate surface area is 187 Å². The molecule has 1 N–H and O–H groups in total. The smallest absolute Gasteiger partial charge is 0.322 e. The molecule has 0 saturated carbocycles. The van der Waals surface area contributed by atoms with E-state index in [1.165, 1.54) is 6.07 Å². The minimum Gasteiger partial charge on any atom is -0.322 e. The molecule has 1 unspecified atom stereocenters. The van der Waals surface area contributed by atoms with Crippen molar-refractivity contribution >= 4 is 23.2 Å². The van der Waals surface area contributed by atoms with Crippen molar-refractivity contribution in [3.63, 3.8) is 0 Å². The first kappa shape index (κ1) is 26.0. The van der Waals surface area contributed by atoms with Gasteiger partial charge < -0.3 is 5.32 Å². The zero-order valence-electron chi connectivity index (χ0n) is 17.8. The van der Waals surface area contributed by atoms with Gasteiger partial charge in [-0.2, -0.15) is 26.3 Å². The molecule has 0 aliphatic heterocycles. The fourth-order valence-corrected chi connectivity index (χ4v) is 3.85. The number of hydrogen-bond donors (Lipinski definition) is 1. The number of amides is 1. The lowest BCUT2D eigenvalue weighted by Crippen LogP contribution is -2.34. The molecule has 1 atom stereocenters. The van der Waals surface area contributed by atoms with E-state index >= 15 is 0 Å². The molecule has 0 spiro atoms. The lowest BCUT2D eigenvalue weighted by molar-refractivity contribution is -0.253. The fourth-order valence-electron chi connectivity index (χ4n) is 3.56. The van der Waals surface area contributed by atoms with Crippen LogP contribution < -0.4 is 5.32 Å². The monoisotopic (exact) mass is 480 g/mol. The second-order valence-corrected chi connectivity index (χ2v) is 8.50. The third-order valence-electron chi connectivity index (χ3n) is 4.90. The molecule has 0 saturated heterocycles. The van der Waals surface area contributed by atoms with Gasteiger partial charge >= 0.3 is 12.4 Å². The number of anilines is 1. The molecule has 32 heavy (non-hydrogen) atoms. The molecular weight excluding hydrogens is 458 g/mol. The van der Waals surface area contributed by atoms with Crippen LogP contribution in [0.1, 0.15) is 66.2 Å². The summed E-state index contributed by atoms with van der Waals surface area (Å²) < 4.78 is 79.5. The van der Waals surface area contributed by atoms with Gasteiger partial charge in [0.25, 0.3) is 5.91 Å². The minimum atomic E-state index is -5.51. The second-order valence-electron chi connectivity index (χ2n) is 8.14. The Balaban J connectivity index is 2.54. The van der Waals surface area contributed by atoms with E-state index in [0.29, 0.717) is 12.1 Å². The summed E-state index contributed by atoms with van der Waals surface area (Å²) in [5.74, 6) is -4.59. The van der Waals surface area contributed by atoms with Crippen LogP contribution in [0, 0.1) is 12.8 Å². The van der Waals surface area contributed by atoms with E-state index in [-0.39, 0.29) is 27.9 Å². The Bertz CT molecular complexity index is 958. The number of nitrogens with one attached hydrogen (secondary N) is 1. The second kappa shape index (κ2) is 9.68. The summed E-state index contributed by atoms with van der Waals surface area (Å²) in [7, 11) is 0. The SMILES string of the molecule is Cc1ccc(C(=O)Nc2ccc(C(C(F)(F)F)C(F)(F)F)cc2C(C)CC(C)C)c(Cl)n1. The molecule has 0 aliphatic rings. The predicted molar refractivity (Wildman–Crippen MR) is 111 cm³/mol. The molecule has 0 radical (unpaired) electrons. The van der Waals surface area contributed by atoms with Gasteiger partial charge in [-0.25, -0.2) is 4.98 Å². The van der Waals surface area contributed by atoms with Crippen LogP contribution in [0.15, 0.2) is 30.3 Å². The summed E-state index contributed by atoms with van der Waals surface area (Å²) in [6.07, 6.45) is -10.5. The predicted octanol–water partition coefficient (Wildman–Crippen LogP) is 7.65. The van der Waals surface area contributed by atoms with Crippen molar-refractivity contribution in [1.82, 2.24) is 4.98 Å². The lowest BCUT2D eigenvalue weighted by Gasteiger charge is -2.26. The van der Waals surface area contributed by atoms with Crippen molar-refractivity contribution < 1.29 is 31.1 Å². The van der Waals surface area contributed by atoms with Gasteiger partial charge in [-0.3, -0.25) is 4.79 Å². The number of carbonyl (C=O) groups is 1. The Kier molecular flexibility index (Phi) is 7.86. The van der Waals surface area contributed by atoms with Crippen LogP contribution in [0.2, 0.25) is 5.15 Å². The van der Waals surface area contributed by atoms with Crippen LogP contribution >= 0.6 is 11.6 Å². The number of alkyl halides is 6. The quantitative estimate of drug-likeness (QED) is 0.341. The Morgan fingerprint density at radius 3 is 2.12 bits per heavy atom. The minimum absolute atomic E-state index is 0.0345. The van der Waals surface area contributed by atoms with Gasteiger partial charge in [0.2, 0.25) is 0 Å². The number of rotatable bonds is 6. The molecule has 176 valence electrons. The van der Waals surface area contributed by atoms with Crippen molar-refractivity contribution in [3.05, 3.63) is 57.9 Å². The molecule has 1 amide bonds. The number of aryl methyl sites for hydroxylation is 1. The standard InChI is InChI=1S/C22H23ClF6N2O/c1-11(2)9-12(3)16-10-14(18(21(24,25)26)22(27,28)29)6-8-17(16)31-20(32)15-7-5-13(4)30-19(15)23/h5-8,10-12,18H,9H2,1-4H3,(H,31,32). The van der Waals surface area contributed by atoms with Crippen molar-refractivity contribution in [3.8, 4) is 0 Å². The summed E-state index contributed by atoms with van der Waals surface area (Å²) in [4.78, 5) is 16.7. The van der Waals surface area contributed by atoms with Crippen molar-refractivity contribution in [2.45, 2.75) is 58.3 Å². The molecule has 1 aromatic heterocycles. The molecule has 2 aromatic rings. The molecular formula is C22H23ClF6N2O. The van der Waals surface area contributed by atoms with E-state index in [2.05, 4.69) is 10.3 Å². The Hall–Kier alpha value is -2.29. The number of nitrogens with zero attached hydrogens (tertiary/aromatic N) is 1. The Morgan fingerprint density at radius 1 is 1.03 bits per heavy atom. The molecule has 2 rings (SSSR count). The van der Waals surface area contributed by atoms with Gasteiger partial charge in [-0.15, -0.1) is 0 Å². The van der Waals surface area contributed by atoms with Crippen molar-refractivity contribution in [1.29, 1.82) is 0 Å². The van der Waals surface area contributed by atoms with Gasteiger partial charge in [-0.1, -0.05) is 44.5 Å². The first-order chi connectivity index (χ1) is 14.6. The average Bonchev–Trinajstić information content (AvgIpc) is 2.59. The number of aromatic nitrogens is 1. The van der Waals surface area contributed by atoms with Gasteiger partial charge in [0.1, 0.15) is 5.15 Å². The first-order valence-corrected chi connectivity index (χ1v) is 10.2. The van der Waals surface area contributed by atoms with Crippen LogP contribution in [0.3, 0.4) is 0 Å². The largest absolute Gasteiger partial charge is 0.404 e. The summed E-state index contributed by atoms with van der Waals surface area (Å²) in [6.45, 7) is 7.12. The van der Waals surface area contributed by atoms with Gasteiger partial charge in [0.05, 0.1) is 5.56 Å². The van der Waals surface area contributed by atoms with Crippen LogP contribution in [0.5, 0.6) is 0 Å². The maximum atomic E-state index is 13.2. The number of hydrogen-bond acceptors (Lipinski definition) is 2. The van der Waals surface area contributed by atoms with E-state index in [9.17, 15) is 31.1 Å². The topological polar surface area (TPSA) is 42.0 Å². The van der Waals surface area contributed by atoms with Crippen LogP contribution in [0.4, 0.5) is 32.0 Å². The van der Waals surface area contributed by atoms with Crippen molar-refractivity contribution in [2.24, 2.45) is 5.92 Å². The van der Waals surface area contributed by atoms with Crippen molar-refractivity contribution in [2.75, 3.05) is 5.32 Å². The number of pyridine rings is 1. The lowest BCUT2D eigenvalue weighted by atomic mass is 9.87. The normalized spacial score (nSPS) is 13.5. The summed E-state index contributed by atoms with van der Waals surface area (Å²) in [6, 6.07) is 5.68. The highest BCUT2D eigenvalue weighted by atomic mass is 35.5. The zero-order valence-corrected chi connectivity index (χ0v) is 18.6. The van der Waals surface area contributed by atoms with Crippen LogP contribution in [-0.2, 0) is 0 Å². The van der Waals surface area contributed by atoms with Gasteiger partial charge in [0, 0.05) is 11.4 Å². The van der Waals surface area contributed by atoms with E-state index in [4.69, 9.17) is 11.6 Å².